The van der Waals surface area contributed by atoms with E-state index in [1.807, 2.05) is 6.07 Å². The van der Waals surface area contributed by atoms with Crippen molar-refractivity contribution in [1.29, 1.82) is 0 Å². The van der Waals surface area contributed by atoms with E-state index in [1.54, 1.807) is 7.11 Å². The number of anilines is 1. The zero-order valence-electron chi connectivity index (χ0n) is 18.7. The standard InChI is InChI=1S/C25H33N5O/c1-27-22-10-4-3-9-21(22)26-25(27)19-28-13-7-8-20(18-28)29-14-16-30(17-15-29)23-11-5-6-12-24(23)31-2/h3-6,9-12,20H,7-8,13-19H2,1-2H3/t20-/m1/s1. The maximum Gasteiger partial charge on any atom is 0.142 e. The summed E-state index contributed by atoms with van der Waals surface area (Å²) in [5.74, 6) is 2.14. The highest BCUT2D eigenvalue weighted by Gasteiger charge is 2.29. The molecule has 2 aliphatic rings. The zero-order chi connectivity index (χ0) is 21.2. The van der Waals surface area contributed by atoms with Crippen molar-refractivity contribution < 1.29 is 4.74 Å². The van der Waals surface area contributed by atoms with Crippen LogP contribution in [0.5, 0.6) is 5.75 Å². The molecule has 3 heterocycles. The van der Waals surface area contributed by atoms with Gasteiger partial charge in [0, 0.05) is 45.8 Å². The largest absolute Gasteiger partial charge is 0.495 e. The average Bonchev–Trinajstić information content (AvgIpc) is 3.14. The van der Waals surface area contributed by atoms with Crippen molar-refractivity contribution >= 4 is 16.7 Å². The molecule has 31 heavy (non-hydrogen) atoms. The molecule has 6 heteroatoms. The summed E-state index contributed by atoms with van der Waals surface area (Å²) >= 11 is 0. The molecule has 164 valence electrons. The molecule has 0 spiro atoms. The number of aryl methyl sites for hydroxylation is 1. The minimum atomic E-state index is 0.642. The Hall–Kier alpha value is -2.57. The van der Waals surface area contributed by atoms with Crippen LogP contribution < -0.4 is 9.64 Å². The Balaban J connectivity index is 1.20. The van der Waals surface area contributed by atoms with Crippen LogP contribution in [0.25, 0.3) is 11.0 Å². The summed E-state index contributed by atoms with van der Waals surface area (Å²) in [7, 11) is 3.90. The van der Waals surface area contributed by atoms with Gasteiger partial charge in [0.15, 0.2) is 0 Å². The van der Waals surface area contributed by atoms with Gasteiger partial charge in [0.05, 0.1) is 30.4 Å². The highest BCUT2D eigenvalue weighted by Crippen LogP contribution is 2.29. The molecule has 1 aromatic heterocycles. The molecular weight excluding hydrogens is 386 g/mol. The van der Waals surface area contributed by atoms with Gasteiger partial charge in [0.2, 0.25) is 0 Å². The molecule has 2 saturated heterocycles. The lowest BCUT2D eigenvalue weighted by molar-refractivity contribution is 0.0869. The Bertz CT molecular complexity index is 1020. The summed E-state index contributed by atoms with van der Waals surface area (Å²) in [5.41, 5.74) is 3.54. The SMILES string of the molecule is COc1ccccc1N1CCN([C@@H]2CCCN(Cc3nc4ccccc4n3C)C2)CC1. The summed E-state index contributed by atoms with van der Waals surface area (Å²) < 4.78 is 7.83. The number of imidazole rings is 1. The monoisotopic (exact) mass is 419 g/mol. The lowest BCUT2D eigenvalue weighted by Gasteiger charge is -2.44. The number of para-hydroxylation sites is 4. The third-order valence-corrected chi connectivity index (χ3v) is 6.98. The van der Waals surface area contributed by atoms with Crippen LogP contribution in [0.15, 0.2) is 48.5 Å². The van der Waals surface area contributed by atoms with Crippen molar-refractivity contribution in [1.82, 2.24) is 19.4 Å². The Kier molecular flexibility index (Phi) is 5.83. The average molecular weight is 420 g/mol. The lowest BCUT2D eigenvalue weighted by Crippen LogP contribution is -2.55. The molecular formula is C25H33N5O. The fraction of sp³-hybridized carbons (Fsp3) is 0.480. The maximum absolute atomic E-state index is 5.57. The van der Waals surface area contributed by atoms with Gasteiger partial charge in [-0.05, 0) is 43.7 Å². The zero-order valence-corrected chi connectivity index (χ0v) is 18.7. The van der Waals surface area contributed by atoms with Gasteiger partial charge in [-0.3, -0.25) is 9.80 Å². The van der Waals surface area contributed by atoms with Crippen LogP contribution in [-0.2, 0) is 13.6 Å². The second-order valence-corrected chi connectivity index (χ2v) is 8.80. The maximum atomic E-state index is 5.57. The molecule has 2 fully saturated rings. The van der Waals surface area contributed by atoms with Crippen molar-refractivity contribution in [2.45, 2.75) is 25.4 Å². The number of rotatable bonds is 5. The molecule has 0 saturated carbocycles. The number of hydrogen-bond donors (Lipinski definition) is 0. The van der Waals surface area contributed by atoms with Crippen molar-refractivity contribution in [3.05, 3.63) is 54.4 Å². The Morgan fingerprint density at radius 3 is 2.55 bits per heavy atom. The van der Waals surface area contributed by atoms with E-state index in [2.05, 4.69) is 68.8 Å². The predicted molar refractivity (Wildman–Crippen MR) is 126 cm³/mol. The number of methoxy groups -OCH3 is 1. The highest BCUT2D eigenvalue weighted by atomic mass is 16.5. The van der Waals surface area contributed by atoms with Crippen LogP contribution in [0.3, 0.4) is 0 Å². The van der Waals surface area contributed by atoms with Crippen LogP contribution in [0.4, 0.5) is 5.69 Å². The highest BCUT2D eigenvalue weighted by molar-refractivity contribution is 5.75. The Morgan fingerprint density at radius 2 is 1.74 bits per heavy atom. The molecule has 2 aromatic carbocycles. The number of nitrogens with zero attached hydrogens (tertiary/aromatic N) is 5. The number of piperidine rings is 1. The molecule has 2 aliphatic heterocycles. The van der Waals surface area contributed by atoms with Gasteiger partial charge in [-0.2, -0.15) is 0 Å². The number of aromatic nitrogens is 2. The number of piperazine rings is 1. The van der Waals surface area contributed by atoms with Crippen LogP contribution in [-0.4, -0.2) is 71.8 Å². The van der Waals surface area contributed by atoms with E-state index >= 15 is 0 Å². The van der Waals surface area contributed by atoms with Gasteiger partial charge in [-0.25, -0.2) is 4.98 Å². The minimum Gasteiger partial charge on any atom is -0.495 e. The van der Waals surface area contributed by atoms with E-state index in [-0.39, 0.29) is 0 Å². The van der Waals surface area contributed by atoms with Crippen LogP contribution in [0.1, 0.15) is 18.7 Å². The third kappa shape index (κ3) is 4.14. The first-order valence-corrected chi connectivity index (χ1v) is 11.5. The Morgan fingerprint density at radius 1 is 0.968 bits per heavy atom. The van der Waals surface area contributed by atoms with Crippen molar-refractivity contribution in [3.63, 3.8) is 0 Å². The molecule has 1 atom stereocenters. The van der Waals surface area contributed by atoms with Crippen molar-refractivity contribution in [2.24, 2.45) is 7.05 Å². The van der Waals surface area contributed by atoms with E-state index < -0.39 is 0 Å². The van der Waals surface area contributed by atoms with E-state index in [1.165, 1.54) is 36.4 Å². The number of likely N-dealkylation sites (tertiary alicyclic amines) is 1. The number of fused-ring (bicyclic) bond motifs is 1. The van der Waals surface area contributed by atoms with Crippen LogP contribution in [0, 0.1) is 0 Å². The van der Waals surface area contributed by atoms with Crippen molar-refractivity contribution in [3.8, 4) is 5.75 Å². The molecule has 0 amide bonds. The second-order valence-electron chi connectivity index (χ2n) is 8.80. The molecule has 0 bridgehead atoms. The predicted octanol–water partition coefficient (Wildman–Crippen LogP) is 3.37. The third-order valence-electron chi connectivity index (χ3n) is 6.98. The van der Waals surface area contributed by atoms with Gasteiger partial charge < -0.3 is 14.2 Å². The minimum absolute atomic E-state index is 0.642. The van der Waals surface area contributed by atoms with Gasteiger partial charge >= 0.3 is 0 Å². The quantitative estimate of drug-likeness (QED) is 0.634. The first-order valence-electron chi connectivity index (χ1n) is 11.5. The summed E-state index contributed by atoms with van der Waals surface area (Å²) in [6, 6.07) is 17.4. The van der Waals surface area contributed by atoms with Gasteiger partial charge in [-0.1, -0.05) is 24.3 Å². The summed E-state index contributed by atoms with van der Waals surface area (Å²) in [4.78, 5) is 12.7. The molecule has 0 radical (unpaired) electrons. The fourth-order valence-electron chi connectivity index (χ4n) is 5.23. The van der Waals surface area contributed by atoms with Gasteiger partial charge in [0.25, 0.3) is 0 Å². The first-order chi connectivity index (χ1) is 15.2. The first kappa shape index (κ1) is 20.3. The fourth-order valence-corrected chi connectivity index (χ4v) is 5.23. The van der Waals surface area contributed by atoms with Crippen LogP contribution in [0.2, 0.25) is 0 Å². The number of hydrogen-bond acceptors (Lipinski definition) is 5. The number of benzene rings is 2. The normalized spacial score (nSPS) is 21.0. The molecule has 6 nitrogen and oxygen atoms in total. The molecule has 0 aliphatic carbocycles. The van der Waals surface area contributed by atoms with E-state index in [9.17, 15) is 0 Å². The smallest absolute Gasteiger partial charge is 0.142 e. The van der Waals surface area contributed by atoms with Gasteiger partial charge in [0.1, 0.15) is 11.6 Å². The summed E-state index contributed by atoms with van der Waals surface area (Å²) in [6.07, 6.45) is 2.56. The molecule has 3 aromatic rings. The molecule has 5 rings (SSSR count). The molecule has 0 N–H and O–H groups in total. The Labute approximate surface area is 185 Å². The van der Waals surface area contributed by atoms with E-state index in [4.69, 9.17) is 9.72 Å². The van der Waals surface area contributed by atoms with E-state index in [0.717, 1.165) is 50.5 Å². The van der Waals surface area contributed by atoms with E-state index in [0.29, 0.717) is 6.04 Å². The van der Waals surface area contributed by atoms with Crippen LogP contribution >= 0.6 is 0 Å². The van der Waals surface area contributed by atoms with Gasteiger partial charge in [-0.15, -0.1) is 0 Å². The molecule has 0 unspecified atom stereocenters. The van der Waals surface area contributed by atoms with Crippen molar-refractivity contribution in [2.75, 3.05) is 51.3 Å². The second kappa shape index (κ2) is 8.89. The summed E-state index contributed by atoms with van der Waals surface area (Å²) in [5, 5.41) is 0. The topological polar surface area (TPSA) is 36.8 Å². The summed E-state index contributed by atoms with van der Waals surface area (Å²) in [6.45, 7) is 7.58. The number of ether oxygens (including phenoxy) is 1. The lowest BCUT2D eigenvalue weighted by atomic mass is 10.0.